The third-order valence-electron chi connectivity index (χ3n) is 4.71. The lowest BCUT2D eigenvalue weighted by atomic mass is 9.85. The van der Waals surface area contributed by atoms with Crippen LogP contribution in [0.3, 0.4) is 0 Å². The monoisotopic (exact) mass is 351 g/mol. The average Bonchev–Trinajstić information content (AvgIpc) is 2.54. The lowest BCUT2D eigenvalue weighted by Gasteiger charge is -2.33. The number of hydrogen-bond donors (Lipinski definition) is 1. The second-order valence-corrected chi connectivity index (χ2v) is 6.69. The summed E-state index contributed by atoms with van der Waals surface area (Å²) in [6, 6.07) is 8.23. The Kier molecular flexibility index (Phi) is 4.84. The van der Waals surface area contributed by atoms with Gasteiger partial charge in [-0.05, 0) is 31.2 Å². The minimum Gasteiger partial charge on any atom is -0.493 e. The maximum atomic E-state index is 12.7. The molecule has 3 atom stereocenters. The van der Waals surface area contributed by atoms with E-state index in [9.17, 15) is 4.79 Å². The highest BCUT2D eigenvalue weighted by Crippen LogP contribution is 2.34. The van der Waals surface area contributed by atoms with Crippen LogP contribution in [-0.4, -0.2) is 23.9 Å². The number of rotatable bonds is 3. The van der Waals surface area contributed by atoms with Crippen molar-refractivity contribution < 1.29 is 9.53 Å². The van der Waals surface area contributed by atoms with Gasteiger partial charge < -0.3 is 10.1 Å². The number of nitrogens with one attached hydrogen (secondary N) is 1. The summed E-state index contributed by atoms with van der Waals surface area (Å²) in [5.74, 6) is 1.54. The van der Waals surface area contributed by atoms with Crippen LogP contribution in [0.2, 0.25) is 0 Å². The van der Waals surface area contributed by atoms with Crippen molar-refractivity contribution in [1.29, 1.82) is 0 Å². The molecule has 0 bridgehead atoms. The number of para-hydroxylation sites is 1. The molecule has 1 fully saturated rings. The van der Waals surface area contributed by atoms with Crippen LogP contribution in [0.4, 0.5) is 0 Å². The minimum atomic E-state index is -0.0622. The van der Waals surface area contributed by atoms with Crippen molar-refractivity contribution in [3.63, 3.8) is 0 Å². The van der Waals surface area contributed by atoms with E-state index in [0.717, 1.165) is 29.5 Å². The van der Waals surface area contributed by atoms with Crippen molar-refractivity contribution in [2.75, 3.05) is 11.9 Å². The van der Waals surface area contributed by atoms with Crippen LogP contribution in [-0.2, 0) is 4.79 Å². The zero-order chi connectivity index (χ0) is 14.7. The fraction of sp³-hybridized carbons (Fsp3) is 0.588. The van der Waals surface area contributed by atoms with Crippen molar-refractivity contribution in [3.05, 3.63) is 29.8 Å². The van der Waals surface area contributed by atoms with Gasteiger partial charge in [0.2, 0.25) is 5.91 Å². The molecule has 0 spiro atoms. The van der Waals surface area contributed by atoms with Crippen LogP contribution in [0.1, 0.15) is 43.6 Å². The highest BCUT2D eigenvalue weighted by atomic mass is 79.9. The van der Waals surface area contributed by atoms with Crippen LogP contribution in [0.5, 0.6) is 5.75 Å². The van der Waals surface area contributed by atoms with E-state index in [-0.39, 0.29) is 11.8 Å². The molecule has 3 unspecified atom stereocenters. The Labute approximate surface area is 134 Å². The molecule has 1 aromatic rings. The van der Waals surface area contributed by atoms with Crippen LogP contribution >= 0.6 is 15.9 Å². The van der Waals surface area contributed by atoms with Crippen molar-refractivity contribution >= 4 is 21.8 Å². The molecule has 1 saturated carbocycles. The average molecular weight is 352 g/mol. The van der Waals surface area contributed by atoms with Gasteiger partial charge in [-0.1, -0.05) is 47.0 Å². The van der Waals surface area contributed by atoms with Gasteiger partial charge >= 0.3 is 0 Å². The number of carbonyl (C=O) groups is 1. The molecule has 3 rings (SSSR count). The summed E-state index contributed by atoms with van der Waals surface area (Å²) in [5.41, 5.74) is 1.03. The van der Waals surface area contributed by atoms with Crippen LogP contribution < -0.4 is 10.1 Å². The molecule has 114 valence electrons. The van der Waals surface area contributed by atoms with Gasteiger partial charge in [0.15, 0.2) is 0 Å². The first kappa shape index (κ1) is 14.9. The molecule has 1 amide bonds. The summed E-state index contributed by atoms with van der Waals surface area (Å²) in [5, 5.41) is 4.28. The van der Waals surface area contributed by atoms with Gasteiger partial charge in [-0.2, -0.15) is 0 Å². The molecule has 1 heterocycles. The molecular formula is C17H22BrNO2. The normalized spacial score (nSPS) is 28.3. The lowest BCUT2D eigenvalue weighted by Crippen LogP contribution is -2.45. The van der Waals surface area contributed by atoms with E-state index in [0.29, 0.717) is 18.6 Å². The number of alkyl halides is 1. The first-order valence-electron chi connectivity index (χ1n) is 7.87. The molecule has 1 N–H and O–H groups in total. The molecule has 1 aliphatic heterocycles. The van der Waals surface area contributed by atoms with E-state index in [1.165, 1.54) is 19.3 Å². The molecule has 21 heavy (non-hydrogen) atoms. The van der Waals surface area contributed by atoms with Crippen LogP contribution in [0.15, 0.2) is 24.3 Å². The Balaban J connectivity index is 1.71. The van der Waals surface area contributed by atoms with Gasteiger partial charge in [-0.3, -0.25) is 4.79 Å². The van der Waals surface area contributed by atoms with Crippen LogP contribution in [0.25, 0.3) is 0 Å². The van der Waals surface area contributed by atoms with Crippen molar-refractivity contribution in [3.8, 4) is 5.75 Å². The molecule has 0 saturated heterocycles. The summed E-state index contributed by atoms with van der Waals surface area (Å²) >= 11 is 3.59. The van der Waals surface area contributed by atoms with Gasteiger partial charge in [0, 0.05) is 16.9 Å². The number of hydrogen-bond acceptors (Lipinski definition) is 2. The number of fused-ring (bicyclic) bond motifs is 1. The predicted octanol–water partition coefficient (Wildman–Crippen LogP) is 3.62. The quantitative estimate of drug-likeness (QED) is 0.844. The molecule has 1 aliphatic carbocycles. The third kappa shape index (κ3) is 3.25. The Bertz CT molecular complexity index is 505. The van der Waals surface area contributed by atoms with Crippen molar-refractivity contribution in [1.82, 2.24) is 5.32 Å². The van der Waals surface area contributed by atoms with Gasteiger partial charge in [-0.25, -0.2) is 0 Å². The topological polar surface area (TPSA) is 38.3 Å². The molecular weight excluding hydrogens is 330 g/mol. The maximum Gasteiger partial charge on any atom is 0.228 e. The van der Waals surface area contributed by atoms with Crippen molar-refractivity contribution in [2.45, 2.75) is 44.1 Å². The second kappa shape index (κ2) is 6.82. The number of amides is 1. The van der Waals surface area contributed by atoms with Gasteiger partial charge in [0.05, 0.1) is 12.5 Å². The predicted molar refractivity (Wildman–Crippen MR) is 87.0 cm³/mol. The van der Waals surface area contributed by atoms with E-state index in [2.05, 4.69) is 21.2 Å². The van der Waals surface area contributed by atoms with E-state index < -0.39 is 0 Å². The molecule has 4 heteroatoms. The fourth-order valence-corrected chi connectivity index (χ4v) is 4.26. The van der Waals surface area contributed by atoms with Crippen LogP contribution in [0, 0.1) is 5.92 Å². The maximum absolute atomic E-state index is 12.7. The first-order valence-corrected chi connectivity index (χ1v) is 9.00. The Hall–Kier alpha value is -1.03. The summed E-state index contributed by atoms with van der Waals surface area (Å²) in [4.78, 5) is 12.7. The summed E-state index contributed by atoms with van der Waals surface area (Å²) in [6.07, 6.45) is 5.59. The van der Waals surface area contributed by atoms with E-state index in [4.69, 9.17) is 4.74 Å². The number of carbonyl (C=O) groups excluding carboxylic acids is 1. The van der Waals surface area contributed by atoms with E-state index in [1.54, 1.807) is 0 Å². The number of ether oxygens (including phenoxy) is 1. The number of halogens is 1. The Morgan fingerprint density at radius 3 is 2.90 bits per heavy atom. The zero-order valence-electron chi connectivity index (χ0n) is 12.2. The standard InChI is InChI=1S/C17H22BrNO2/c18-11-12-5-1-3-7-15(12)19-17(20)14-9-10-21-16-8-4-2-6-13(14)16/h2,4,6,8,12,14-15H,1,3,5,7,9-11H2,(H,19,20). The van der Waals surface area contributed by atoms with E-state index >= 15 is 0 Å². The summed E-state index contributed by atoms with van der Waals surface area (Å²) in [7, 11) is 0. The highest BCUT2D eigenvalue weighted by Gasteiger charge is 2.31. The molecule has 1 aromatic carbocycles. The summed E-state index contributed by atoms with van der Waals surface area (Å²) < 4.78 is 5.65. The largest absolute Gasteiger partial charge is 0.493 e. The van der Waals surface area contributed by atoms with Crippen molar-refractivity contribution in [2.24, 2.45) is 5.92 Å². The smallest absolute Gasteiger partial charge is 0.228 e. The fourth-order valence-electron chi connectivity index (χ4n) is 3.48. The Morgan fingerprint density at radius 1 is 1.24 bits per heavy atom. The minimum absolute atomic E-state index is 0.0622. The summed E-state index contributed by atoms with van der Waals surface area (Å²) in [6.45, 7) is 0.627. The van der Waals surface area contributed by atoms with Gasteiger partial charge in [0.1, 0.15) is 5.75 Å². The SMILES string of the molecule is O=C(NC1CCCCC1CBr)C1CCOc2ccccc21. The van der Waals surface area contributed by atoms with E-state index in [1.807, 2.05) is 24.3 Å². The second-order valence-electron chi connectivity index (χ2n) is 6.04. The molecule has 3 nitrogen and oxygen atoms in total. The number of benzene rings is 1. The zero-order valence-corrected chi connectivity index (χ0v) is 13.8. The molecule has 0 aromatic heterocycles. The highest BCUT2D eigenvalue weighted by molar-refractivity contribution is 9.09. The molecule has 0 radical (unpaired) electrons. The van der Waals surface area contributed by atoms with Gasteiger partial charge in [-0.15, -0.1) is 0 Å². The van der Waals surface area contributed by atoms with Gasteiger partial charge in [0.25, 0.3) is 0 Å². The lowest BCUT2D eigenvalue weighted by molar-refractivity contribution is -0.124. The first-order chi connectivity index (χ1) is 10.3. The molecule has 2 aliphatic rings. The Morgan fingerprint density at radius 2 is 2.05 bits per heavy atom. The third-order valence-corrected chi connectivity index (χ3v) is 5.54.